The summed E-state index contributed by atoms with van der Waals surface area (Å²) in [5.41, 5.74) is 5.31. The van der Waals surface area contributed by atoms with Gasteiger partial charge in [-0.05, 0) is 31.2 Å². The molecule has 0 spiro atoms. The van der Waals surface area contributed by atoms with Crippen LogP contribution in [0, 0.1) is 13.8 Å². The molecule has 0 fully saturated rings. The van der Waals surface area contributed by atoms with Crippen LogP contribution in [-0.4, -0.2) is 4.57 Å². The Kier molecular flexibility index (Phi) is 11.9. The van der Waals surface area contributed by atoms with E-state index in [-0.39, 0.29) is 50.7 Å². The second-order valence-corrected chi connectivity index (χ2v) is 6.41. The van der Waals surface area contributed by atoms with E-state index < -0.39 is 0 Å². The summed E-state index contributed by atoms with van der Waals surface area (Å²) < 4.78 is 2.25. The minimum atomic E-state index is 0. The van der Waals surface area contributed by atoms with E-state index in [0.29, 0.717) is 0 Å². The van der Waals surface area contributed by atoms with Crippen LogP contribution >= 0.6 is 0 Å². The molecule has 1 heterocycles. The van der Waals surface area contributed by atoms with E-state index in [1.54, 1.807) is 0 Å². The number of nitrogens with zero attached hydrogens (tertiary/aromatic N) is 1. The number of rotatable bonds is 3. The van der Waals surface area contributed by atoms with Crippen LogP contribution in [0.15, 0.2) is 72.9 Å². The summed E-state index contributed by atoms with van der Waals surface area (Å²) >= 11 is 0. The molecule has 3 aromatic carbocycles. The summed E-state index contributed by atoms with van der Waals surface area (Å²) in [6.45, 7) is 6.48. The molecule has 1 aromatic heterocycles. The van der Waals surface area contributed by atoms with E-state index in [2.05, 4.69) is 98.3 Å². The minimum Gasteiger partial charge on any atom is -1.00 e. The summed E-state index contributed by atoms with van der Waals surface area (Å²) in [5.74, 6) is 0. The number of benzene rings is 1. The standard InChI is InChI=1S/C15H14N.C8H11.2ClH.Hf/c1-11-7-12(2)16(10-11)15-8-13-5-3-4-6-14(13)9-15;1-2-5-8-6-3-4-7-8;;;/h3-10H,1-2H3;3-4,6-7H,2,5H2,1H3;2*1H;/q2*-1;;;+4/p-2. The van der Waals surface area contributed by atoms with Crippen molar-refractivity contribution in [2.45, 2.75) is 33.6 Å². The molecule has 0 aliphatic carbocycles. The monoisotopic (exact) mass is 565 g/mol. The molecule has 0 aliphatic heterocycles. The van der Waals surface area contributed by atoms with Crippen LogP contribution in [0.4, 0.5) is 0 Å². The fourth-order valence-electron chi connectivity index (χ4n) is 3.16. The summed E-state index contributed by atoms with van der Waals surface area (Å²) in [4.78, 5) is 0. The zero-order chi connectivity index (χ0) is 16.9. The second kappa shape index (κ2) is 12.4. The molecular formula is C23H25Cl2HfN. The van der Waals surface area contributed by atoms with Crippen molar-refractivity contribution in [1.29, 1.82) is 0 Å². The molecule has 27 heavy (non-hydrogen) atoms. The van der Waals surface area contributed by atoms with Crippen molar-refractivity contribution in [3.8, 4) is 5.69 Å². The van der Waals surface area contributed by atoms with E-state index >= 15 is 0 Å². The molecule has 0 bridgehead atoms. The quantitative estimate of drug-likeness (QED) is 0.250. The summed E-state index contributed by atoms with van der Waals surface area (Å²) in [5, 5.41) is 2.62. The Balaban J connectivity index is 0.000000535. The van der Waals surface area contributed by atoms with Crippen molar-refractivity contribution in [2.24, 2.45) is 0 Å². The molecule has 140 valence electrons. The fraction of sp³-hybridized carbons (Fsp3) is 0.217. The van der Waals surface area contributed by atoms with Crippen LogP contribution in [-0.2, 0) is 32.3 Å². The Morgan fingerprint density at radius 1 is 0.963 bits per heavy atom. The third kappa shape index (κ3) is 6.78. The predicted octanol–water partition coefficient (Wildman–Crippen LogP) is 0.330. The van der Waals surface area contributed by atoms with Gasteiger partial charge < -0.3 is 29.4 Å². The molecular weight excluding hydrogens is 540 g/mol. The van der Waals surface area contributed by atoms with Crippen molar-refractivity contribution in [3.63, 3.8) is 0 Å². The minimum absolute atomic E-state index is 0. The number of halogens is 2. The van der Waals surface area contributed by atoms with Gasteiger partial charge in [-0.3, -0.25) is 0 Å². The third-order valence-corrected chi connectivity index (χ3v) is 4.30. The molecule has 0 aliphatic rings. The molecule has 0 N–H and O–H groups in total. The largest absolute Gasteiger partial charge is 4.00 e. The maximum absolute atomic E-state index is 2.25. The van der Waals surface area contributed by atoms with Gasteiger partial charge in [0.1, 0.15) is 0 Å². The number of hydrogen-bond acceptors (Lipinski definition) is 0. The average Bonchev–Trinajstić information content (AvgIpc) is 3.27. The predicted molar refractivity (Wildman–Crippen MR) is 104 cm³/mol. The number of hydrogen-bond donors (Lipinski definition) is 0. The molecule has 0 saturated heterocycles. The van der Waals surface area contributed by atoms with Crippen molar-refractivity contribution in [3.05, 3.63) is 89.7 Å². The molecule has 0 saturated carbocycles. The van der Waals surface area contributed by atoms with Crippen molar-refractivity contribution in [2.75, 3.05) is 0 Å². The van der Waals surface area contributed by atoms with Crippen LogP contribution in [0.3, 0.4) is 0 Å². The number of fused-ring (bicyclic) bond motifs is 1. The molecule has 0 atom stereocenters. The summed E-state index contributed by atoms with van der Waals surface area (Å²) in [6.07, 6.45) is 4.67. The van der Waals surface area contributed by atoms with Gasteiger partial charge in [-0.2, -0.15) is 17.7 Å². The van der Waals surface area contributed by atoms with Gasteiger partial charge in [-0.15, -0.1) is 41.1 Å². The number of aromatic nitrogens is 1. The Hall–Kier alpha value is -1.09. The molecule has 0 radical (unpaired) electrons. The average molecular weight is 565 g/mol. The van der Waals surface area contributed by atoms with E-state index in [1.807, 2.05) is 0 Å². The molecule has 0 amide bonds. The maximum Gasteiger partial charge on any atom is 4.00 e. The van der Waals surface area contributed by atoms with Crippen molar-refractivity contribution in [1.82, 2.24) is 4.57 Å². The van der Waals surface area contributed by atoms with Crippen LogP contribution < -0.4 is 24.8 Å². The van der Waals surface area contributed by atoms with Crippen LogP contribution in [0.5, 0.6) is 0 Å². The van der Waals surface area contributed by atoms with E-state index in [9.17, 15) is 0 Å². The molecule has 1 nitrogen and oxygen atoms in total. The van der Waals surface area contributed by atoms with Gasteiger partial charge in [0.25, 0.3) is 0 Å². The normalized spacial score (nSPS) is 9.44. The van der Waals surface area contributed by atoms with Gasteiger partial charge in [-0.25, -0.2) is 12.1 Å². The van der Waals surface area contributed by atoms with Crippen LogP contribution in [0.25, 0.3) is 16.5 Å². The third-order valence-electron chi connectivity index (χ3n) is 4.30. The van der Waals surface area contributed by atoms with Gasteiger partial charge in [0.15, 0.2) is 0 Å². The molecule has 4 rings (SSSR count). The zero-order valence-corrected chi connectivity index (χ0v) is 21.2. The van der Waals surface area contributed by atoms with E-state index in [0.717, 1.165) is 0 Å². The Labute approximate surface area is 194 Å². The van der Waals surface area contributed by atoms with E-state index in [1.165, 1.54) is 46.1 Å². The Morgan fingerprint density at radius 3 is 2.19 bits per heavy atom. The Bertz CT molecular complexity index is 871. The van der Waals surface area contributed by atoms with E-state index in [4.69, 9.17) is 0 Å². The first-order valence-electron chi connectivity index (χ1n) is 8.69. The topological polar surface area (TPSA) is 4.93 Å². The van der Waals surface area contributed by atoms with Gasteiger partial charge in [-0.1, -0.05) is 25.8 Å². The first kappa shape index (κ1) is 25.9. The SMILES string of the molecule is CCC[c-]1cccc1.Cc1cc(C)n(-c2cc3ccccc3[cH-]2)c1.[Cl-].[Cl-].[Hf+4]. The molecule has 4 heteroatoms. The zero-order valence-electron chi connectivity index (χ0n) is 16.0. The fourth-order valence-corrected chi connectivity index (χ4v) is 3.16. The van der Waals surface area contributed by atoms with Gasteiger partial charge in [0.2, 0.25) is 0 Å². The van der Waals surface area contributed by atoms with Crippen molar-refractivity contribution < 1.29 is 50.7 Å². The maximum atomic E-state index is 2.25. The van der Waals surface area contributed by atoms with Gasteiger partial charge >= 0.3 is 25.8 Å². The van der Waals surface area contributed by atoms with Crippen LogP contribution in [0.2, 0.25) is 0 Å². The summed E-state index contributed by atoms with van der Waals surface area (Å²) in [7, 11) is 0. The Morgan fingerprint density at radius 2 is 1.63 bits per heavy atom. The molecule has 0 unspecified atom stereocenters. The van der Waals surface area contributed by atoms with Crippen LogP contribution in [0.1, 0.15) is 30.2 Å². The smallest absolute Gasteiger partial charge is 1.00 e. The second-order valence-electron chi connectivity index (χ2n) is 6.41. The number of aryl methyl sites for hydroxylation is 3. The first-order valence-corrected chi connectivity index (χ1v) is 8.69. The molecule has 4 aromatic rings. The van der Waals surface area contributed by atoms with Gasteiger partial charge in [0.05, 0.1) is 0 Å². The van der Waals surface area contributed by atoms with Gasteiger partial charge in [0, 0.05) is 11.9 Å². The summed E-state index contributed by atoms with van der Waals surface area (Å²) in [6, 6.07) is 23.7. The first-order chi connectivity index (χ1) is 11.7. The van der Waals surface area contributed by atoms with Crippen molar-refractivity contribution >= 4 is 10.8 Å².